The Balaban J connectivity index is 2.48. The summed E-state index contributed by atoms with van der Waals surface area (Å²) < 4.78 is 14.0. The first-order chi connectivity index (χ1) is 9.32. The van der Waals surface area contributed by atoms with Crippen LogP contribution in [0.25, 0.3) is 0 Å². The Morgan fingerprint density at radius 1 is 1.35 bits per heavy atom. The first kappa shape index (κ1) is 14.8. The molecule has 0 aromatic heterocycles. The number of rotatable bonds is 2. The van der Waals surface area contributed by atoms with Crippen molar-refractivity contribution in [3.8, 4) is 0 Å². The summed E-state index contributed by atoms with van der Waals surface area (Å²) in [5.41, 5.74) is 0.0375. The van der Waals surface area contributed by atoms with Crippen LogP contribution in [0.3, 0.4) is 0 Å². The van der Waals surface area contributed by atoms with Crippen LogP contribution in [0.2, 0.25) is 5.02 Å². The number of anilines is 1. The molecule has 1 fully saturated rings. The van der Waals surface area contributed by atoms with Gasteiger partial charge in [-0.3, -0.25) is 14.5 Å². The van der Waals surface area contributed by atoms with Gasteiger partial charge in [0, 0.05) is 5.02 Å². The number of piperazine rings is 1. The number of halogens is 2. The van der Waals surface area contributed by atoms with E-state index in [0.717, 1.165) is 0 Å². The fourth-order valence-corrected chi connectivity index (χ4v) is 2.41. The maximum atomic E-state index is 14.0. The quantitative estimate of drug-likeness (QED) is 0.911. The molecule has 0 spiro atoms. The van der Waals surface area contributed by atoms with Crippen LogP contribution < -0.4 is 10.2 Å². The summed E-state index contributed by atoms with van der Waals surface area (Å²) in [4.78, 5) is 25.6. The van der Waals surface area contributed by atoms with Crippen LogP contribution in [0.1, 0.15) is 20.8 Å². The van der Waals surface area contributed by atoms with Gasteiger partial charge in [0.1, 0.15) is 17.9 Å². The molecule has 1 aromatic carbocycles. The summed E-state index contributed by atoms with van der Waals surface area (Å²) in [6.45, 7) is 5.21. The maximum absolute atomic E-state index is 14.0. The summed E-state index contributed by atoms with van der Waals surface area (Å²) >= 11 is 5.86. The van der Waals surface area contributed by atoms with Gasteiger partial charge in [0.25, 0.3) is 5.91 Å². The fraction of sp³-hybridized carbons (Fsp3) is 0.429. The van der Waals surface area contributed by atoms with Gasteiger partial charge in [0.05, 0.1) is 5.69 Å². The standard InChI is InChI=1S/C14H16ClFN2O2/c1-7(2)12-14(20)18(8(3)13(19)17-12)11-6-9(15)4-5-10(11)16/h4-8,12H,1-3H3,(H,17,19). The van der Waals surface area contributed by atoms with Crippen molar-refractivity contribution < 1.29 is 14.0 Å². The number of nitrogens with zero attached hydrogens (tertiary/aromatic N) is 1. The zero-order chi connectivity index (χ0) is 15.0. The summed E-state index contributed by atoms with van der Waals surface area (Å²) in [5, 5.41) is 2.98. The van der Waals surface area contributed by atoms with Gasteiger partial charge < -0.3 is 5.32 Å². The number of nitrogens with one attached hydrogen (secondary N) is 1. The molecule has 1 saturated heterocycles. The Morgan fingerprint density at radius 3 is 2.60 bits per heavy atom. The van der Waals surface area contributed by atoms with E-state index in [2.05, 4.69) is 5.32 Å². The molecule has 2 unspecified atom stereocenters. The molecule has 1 heterocycles. The molecule has 0 bridgehead atoms. The first-order valence-corrected chi connectivity index (χ1v) is 6.79. The van der Waals surface area contributed by atoms with Crippen LogP contribution in [0.5, 0.6) is 0 Å². The predicted octanol–water partition coefficient (Wildman–Crippen LogP) is 2.35. The molecule has 20 heavy (non-hydrogen) atoms. The SMILES string of the molecule is CC(C)C1NC(=O)C(C)N(c2cc(Cl)ccc2F)C1=O. The summed E-state index contributed by atoms with van der Waals surface area (Å²) in [5.74, 6) is -1.29. The van der Waals surface area contributed by atoms with Crippen LogP contribution in [-0.2, 0) is 9.59 Å². The molecule has 4 nitrogen and oxygen atoms in total. The lowest BCUT2D eigenvalue weighted by atomic mass is 9.97. The third kappa shape index (κ3) is 2.50. The second-order valence-electron chi connectivity index (χ2n) is 5.21. The van der Waals surface area contributed by atoms with Crippen molar-refractivity contribution in [3.63, 3.8) is 0 Å². The monoisotopic (exact) mass is 298 g/mol. The Hall–Kier alpha value is -1.62. The summed E-state index contributed by atoms with van der Waals surface area (Å²) in [6.07, 6.45) is 0. The highest BCUT2D eigenvalue weighted by atomic mass is 35.5. The van der Waals surface area contributed by atoms with Crippen molar-refractivity contribution in [2.24, 2.45) is 5.92 Å². The Kier molecular flexibility index (Phi) is 3.99. The first-order valence-electron chi connectivity index (χ1n) is 6.41. The zero-order valence-corrected chi connectivity index (χ0v) is 12.2. The van der Waals surface area contributed by atoms with Crippen LogP contribution in [0, 0.1) is 11.7 Å². The Bertz CT molecular complexity index is 562. The Labute approximate surface area is 121 Å². The number of hydrogen-bond donors (Lipinski definition) is 1. The van der Waals surface area contributed by atoms with Crippen molar-refractivity contribution in [2.45, 2.75) is 32.9 Å². The molecule has 0 radical (unpaired) electrons. The number of carbonyl (C=O) groups excluding carboxylic acids is 2. The summed E-state index contributed by atoms with van der Waals surface area (Å²) in [6, 6.07) is 2.53. The van der Waals surface area contributed by atoms with E-state index in [1.807, 2.05) is 13.8 Å². The molecule has 6 heteroatoms. The second kappa shape index (κ2) is 5.40. The number of amides is 2. The molecule has 108 valence electrons. The predicted molar refractivity (Wildman–Crippen MR) is 75.1 cm³/mol. The lowest BCUT2D eigenvalue weighted by molar-refractivity contribution is -0.134. The van der Waals surface area contributed by atoms with Gasteiger partial charge in [0.15, 0.2) is 0 Å². The molecule has 2 rings (SSSR count). The average molecular weight is 299 g/mol. The highest BCUT2D eigenvalue weighted by Crippen LogP contribution is 2.28. The molecule has 1 aliphatic heterocycles. The highest BCUT2D eigenvalue weighted by molar-refractivity contribution is 6.31. The summed E-state index contributed by atoms with van der Waals surface area (Å²) in [7, 11) is 0. The van der Waals surface area contributed by atoms with Crippen molar-refractivity contribution in [3.05, 3.63) is 29.0 Å². The zero-order valence-electron chi connectivity index (χ0n) is 11.5. The third-order valence-corrected chi connectivity index (χ3v) is 3.64. The Morgan fingerprint density at radius 2 is 2.00 bits per heavy atom. The minimum Gasteiger partial charge on any atom is -0.342 e. The van der Waals surface area contributed by atoms with E-state index in [-0.39, 0.29) is 23.4 Å². The van der Waals surface area contributed by atoms with Crippen LogP contribution >= 0.6 is 11.6 Å². The van der Waals surface area contributed by atoms with Gasteiger partial charge in [-0.15, -0.1) is 0 Å². The van der Waals surface area contributed by atoms with Gasteiger partial charge >= 0.3 is 0 Å². The average Bonchev–Trinajstić information content (AvgIpc) is 2.37. The minimum absolute atomic E-state index is 0.0375. The third-order valence-electron chi connectivity index (χ3n) is 3.40. The van der Waals surface area contributed by atoms with Crippen molar-refractivity contribution in [1.82, 2.24) is 5.32 Å². The van der Waals surface area contributed by atoms with E-state index in [1.54, 1.807) is 6.92 Å². The maximum Gasteiger partial charge on any atom is 0.250 e. The van der Waals surface area contributed by atoms with Gasteiger partial charge in [0.2, 0.25) is 5.91 Å². The molecule has 0 saturated carbocycles. The largest absolute Gasteiger partial charge is 0.342 e. The van der Waals surface area contributed by atoms with Crippen molar-refractivity contribution >= 4 is 29.1 Å². The molecule has 1 aliphatic rings. The van der Waals surface area contributed by atoms with E-state index in [0.29, 0.717) is 5.02 Å². The lowest BCUT2D eigenvalue weighted by Gasteiger charge is -2.38. The normalized spacial score (nSPS) is 23.2. The fourth-order valence-electron chi connectivity index (χ4n) is 2.24. The smallest absolute Gasteiger partial charge is 0.250 e. The molecule has 2 amide bonds. The van der Waals surface area contributed by atoms with Gasteiger partial charge in [-0.1, -0.05) is 25.4 Å². The number of hydrogen-bond acceptors (Lipinski definition) is 2. The molecular formula is C14H16ClFN2O2. The van der Waals surface area contributed by atoms with Gasteiger partial charge in [-0.2, -0.15) is 0 Å². The molecule has 1 N–H and O–H groups in total. The van der Waals surface area contributed by atoms with Crippen molar-refractivity contribution in [2.75, 3.05) is 4.90 Å². The number of carbonyl (C=O) groups is 2. The molecule has 2 atom stereocenters. The van der Waals surface area contributed by atoms with E-state index in [4.69, 9.17) is 11.6 Å². The van der Waals surface area contributed by atoms with E-state index in [9.17, 15) is 14.0 Å². The topological polar surface area (TPSA) is 49.4 Å². The van der Waals surface area contributed by atoms with Crippen LogP contribution in [0.15, 0.2) is 18.2 Å². The number of benzene rings is 1. The van der Waals surface area contributed by atoms with E-state index < -0.39 is 17.9 Å². The van der Waals surface area contributed by atoms with Crippen LogP contribution in [-0.4, -0.2) is 23.9 Å². The van der Waals surface area contributed by atoms with Crippen molar-refractivity contribution in [1.29, 1.82) is 0 Å². The molecular weight excluding hydrogens is 283 g/mol. The van der Waals surface area contributed by atoms with Gasteiger partial charge in [-0.05, 0) is 31.0 Å². The van der Waals surface area contributed by atoms with E-state index in [1.165, 1.54) is 23.1 Å². The second-order valence-corrected chi connectivity index (χ2v) is 5.65. The van der Waals surface area contributed by atoms with Gasteiger partial charge in [-0.25, -0.2) is 4.39 Å². The lowest BCUT2D eigenvalue weighted by Crippen LogP contribution is -2.64. The highest BCUT2D eigenvalue weighted by Gasteiger charge is 2.41. The molecule has 0 aliphatic carbocycles. The van der Waals surface area contributed by atoms with Crippen LogP contribution in [0.4, 0.5) is 10.1 Å². The van der Waals surface area contributed by atoms with E-state index >= 15 is 0 Å². The molecule has 1 aromatic rings. The minimum atomic E-state index is -0.773.